The first kappa shape index (κ1) is 14.0. The van der Waals surface area contributed by atoms with E-state index in [-0.39, 0.29) is 0 Å². The maximum atomic E-state index is 4.35. The van der Waals surface area contributed by atoms with Crippen molar-refractivity contribution >= 4 is 5.95 Å². The van der Waals surface area contributed by atoms with Crippen molar-refractivity contribution in [3.8, 4) is 0 Å². The zero-order chi connectivity index (χ0) is 14.7. The number of rotatable bonds is 4. The molecule has 1 aliphatic heterocycles. The largest absolute Gasteiger partial charge is 0.339 e. The Labute approximate surface area is 125 Å². The minimum absolute atomic E-state index is 0.469. The molecule has 1 unspecified atom stereocenters. The fraction of sp³-hybridized carbons (Fsp3) is 0.533. The van der Waals surface area contributed by atoms with Crippen LogP contribution in [0.1, 0.15) is 29.8 Å². The molecule has 0 spiro atoms. The van der Waals surface area contributed by atoms with Gasteiger partial charge in [-0.2, -0.15) is 5.10 Å². The molecule has 0 amide bonds. The van der Waals surface area contributed by atoms with Gasteiger partial charge in [0.2, 0.25) is 5.95 Å². The third-order valence-electron chi connectivity index (χ3n) is 4.10. The number of anilines is 1. The van der Waals surface area contributed by atoms with Crippen LogP contribution in [0, 0.1) is 13.8 Å². The van der Waals surface area contributed by atoms with Crippen LogP contribution in [-0.4, -0.2) is 39.3 Å². The van der Waals surface area contributed by atoms with E-state index in [9.17, 15) is 0 Å². The number of hydrogen-bond donors (Lipinski definition) is 2. The molecule has 1 fully saturated rings. The first-order valence-electron chi connectivity index (χ1n) is 7.50. The first-order chi connectivity index (χ1) is 10.2. The summed E-state index contributed by atoms with van der Waals surface area (Å²) < 4.78 is 0. The minimum Gasteiger partial charge on any atom is -0.339 e. The second-order valence-corrected chi connectivity index (χ2v) is 5.63. The van der Waals surface area contributed by atoms with Gasteiger partial charge in [0.05, 0.1) is 5.69 Å². The van der Waals surface area contributed by atoms with Gasteiger partial charge in [-0.05, 0) is 32.8 Å². The summed E-state index contributed by atoms with van der Waals surface area (Å²) in [5.74, 6) is 0.833. The van der Waals surface area contributed by atoms with Gasteiger partial charge >= 0.3 is 0 Å². The molecule has 1 saturated heterocycles. The Balaban J connectivity index is 1.59. The molecule has 2 N–H and O–H groups in total. The van der Waals surface area contributed by atoms with Gasteiger partial charge in [-0.15, -0.1) is 0 Å². The van der Waals surface area contributed by atoms with Crippen LogP contribution in [0.15, 0.2) is 18.5 Å². The van der Waals surface area contributed by atoms with Gasteiger partial charge in [-0.25, -0.2) is 9.97 Å². The summed E-state index contributed by atoms with van der Waals surface area (Å²) in [6.07, 6.45) is 5.97. The zero-order valence-corrected chi connectivity index (χ0v) is 12.6. The van der Waals surface area contributed by atoms with Crippen molar-refractivity contribution < 1.29 is 0 Å². The van der Waals surface area contributed by atoms with Gasteiger partial charge in [0.25, 0.3) is 0 Å². The van der Waals surface area contributed by atoms with Crippen LogP contribution in [0.3, 0.4) is 0 Å². The van der Waals surface area contributed by atoms with E-state index in [0.29, 0.717) is 6.04 Å². The van der Waals surface area contributed by atoms with Crippen molar-refractivity contribution in [1.82, 2.24) is 25.5 Å². The molecule has 1 atom stereocenters. The van der Waals surface area contributed by atoms with Gasteiger partial charge in [-0.1, -0.05) is 0 Å². The lowest BCUT2D eigenvalue weighted by Crippen LogP contribution is -2.46. The fourth-order valence-electron chi connectivity index (χ4n) is 2.86. The Bertz CT molecular complexity index is 560. The summed E-state index contributed by atoms with van der Waals surface area (Å²) >= 11 is 0. The molecule has 21 heavy (non-hydrogen) atoms. The Kier molecular flexibility index (Phi) is 4.15. The van der Waals surface area contributed by atoms with Gasteiger partial charge in [0.15, 0.2) is 0 Å². The summed E-state index contributed by atoms with van der Waals surface area (Å²) in [5, 5.41) is 10.9. The summed E-state index contributed by atoms with van der Waals surface area (Å²) in [5.41, 5.74) is 3.52. The molecule has 2 aromatic heterocycles. The lowest BCUT2D eigenvalue weighted by Gasteiger charge is -2.33. The maximum Gasteiger partial charge on any atom is 0.225 e. The topological polar surface area (TPSA) is 69.7 Å². The number of aromatic amines is 1. The van der Waals surface area contributed by atoms with Gasteiger partial charge in [-0.3, -0.25) is 5.10 Å². The highest BCUT2D eigenvalue weighted by Gasteiger charge is 2.21. The quantitative estimate of drug-likeness (QED) is 0.893. The molecule has 0 aromatic carbocycles. The first-order valence-corrected chi connectivity index (χ1v) is 7.50. The molecule has 3 heterocycles. The highest BCUT2D eigenvalue weighted by molar-refractivity contribution is 5.30. The number of H-pyrrole nitrogens is 1. The molecule has 0 saturated carbocycles. The van der Waals surface area contributed by atoms with Crippen molar-refractivity contribution in [2.45, 2.75) is 39.3 Å². The fourth-order valence-corrected chi connectivity index (χ4v) is 2.86. The Morgan fingerprint density at radius 2 is 2.14 bits per heavy atom. The van der Waals surface area contributed by atoms with E-state index in [1.165, 1.54) is 18.4 Å². The van der Waals surface area contributed by atoms with Crippen LogP contribution < -0.4 is 10.2 Å². The molecule has 2 aromatic rings. The molecule has 0 radical (unpaired) electrons. The van der Waals surface area contributed by atoms with Gasteiger partial charge in [0.1, 0.15) is 0 Å². The zero-order valence-electron chi connectivity index (χ0n) is 12.6. The predicted molar refractivity (Wildman–Crippen MR) is 82.2 cm³/mol. The second-order valence-electron chi connectivity index (χ2n) is 5.63. The predicted octanol–water partition coefficient (Wildman–Crippen LogP) is 1.58. The van der Waals surface area contributed by atoms with E-state index in [2.05, 4.69) is 37.3 Å². The van der Waals surface area contributed by atoms with Gasteiger partial charge < -0.3 is 10.2 Å². The molecule has 0 bridgehead atoms. The SMILES string of the molecule is Cc1n[nH]c(C)c1CNC1CCCN(c2ncccn2)C1. The lowest BCUT2D eigenvalue weighted by atomic mass is 10.1. The van der Waals surface area contributed by atoms with Crippen molar-refractivity contribution in [2.24, 2.45) is 0 Å². The normalized spacial score (nSPS) is 19.0. The van der Waals surface area contributed by atoms with Crippen LogP contribution in [0.25, 0.3) is 0 Å². The molecule has 6 nitrogen and oxygen atoms in total. The molecule has 112 valence electrons. The summed E-state index contributed by atoms with van der Waals surface area (Å²) in [6.45, 7) is 6.97. The summed E-state index contributed by atoms with van der Waals surface area (Å²) in [6, 6.07) is 2.32. The lowest BCUT2D eigenvalue weighted by molar-refractivity contribution is 0.417. The summed E-state index contributed by atoms with van der Waals surface area (Å²) in [7, 11) is 0. The number of aromatic nitrogens is 4. The Morgan fingerprint density at radius 1 is 1.33 bits per heavy atom. The van der Waals surface area contributed by atoms with Crippen LogP contribution >= 0.6 is 0 Å². The molecule has 3 rings (SSSR count). The number of nitrogens with one attached hydrogen (secondary N) is 2. The third-order valence-corrected chi connectivity index (χ3v) is 4.10. The van der Waals surface area contributed by atoms with Crippen molar-refractivity contribution in [1.29, 1.82) is 0 Å². The number of aryl methyl sites for hydroxylation is 2. The summed E-state index contributed by atoms with van der Waals surface area (Å²) in [4.78, 5) is 11.0. The number of hydrogen-bond acceptors (Lipinski definition) is 5. The highest BCUT2D eigenvalue weighted by Crippen LogP contribution is 2.16. The smallest absolute Gasteiger partial charge is 0.225 e. The van der Waals surface area contributed by atoms with E-state index in [1.54, 1.807) is 12.4 Å². The molecular formula is C15H22N6. The molecular weight excluding hydrogens is 264 g/mol. The molecule has 6 heteroatoms. The highest BCUT2D eigenvalue weighted by atomic mass is 15.3. The van der Waals surface area contributed by atoms with Crippen LogP contribution in [0.2, 0.25) is 0 Å². The van der Waals surface area contributed by atoms with Gasteiger partial charge in [0, 0.05) is 49.3 Å². The van der Waals surface area contributed by atoms with E-state index in [0.717, 1.165) is 37.0 Å². The Morgan fingerprint density at radius 3 is 2.86 bits per heavy atom. The number of nitrogens with zero attached hydrogens (tertiary/aromatic N) is 4. The minimum atomic E-state index is 0.469. The number of piperidine rings is 1. The van der Waals surface area contributed by atoms with Crippen LogP contribution in [0.5, 0.6) is 0 Å². The molecule has 0 aliphatic carbocycles. The standard InChI is InChI=1S/C15H22N6/c1-11-14(12(2)20-19-11)9-18-13-5-3-8-21(10-13)15-16-6-4-7-17-15/h4,6-7,13,18H,3,5,8-10H2,1-2H3,(H,19,20). The average Bonchev–Trinajstić information content (AvgIpc) is 2.85. The van der Waals surface area contributed by atoms with Crippen molar-refractivity contribution in [3.63, 3.8) is 0 Å². The van der Waals surface area contributed by atoms with Crippen molar-refractivity contribution in [2.75, 3.05) is 18.0 Å². The van der Waals surface area contributed by atoms with E-state index < -0.39 is 0 Å². The van der Waals surface area contributed by atoms with E-state index >= 15 is 0 Å². The Hall–Kier alpha value is -1.95. The van der Waals surface area contributed by atoms with E-state index in [1.807, 2.05) is 13.0 Å². The second kappa shape index (κ2) is 6.22. The van der Waals surface area contributed by atoms with Crippen LogP contribution in [0.4, 0.5) is 5.95 Å². The van der Waals surface area contributed by atoms with E-state index in [4.69, 9.17) is 0 Å². The maximum absolute atomic E-state index is 4.35. The van der Waals surface area contributed by atoms with Crippen molar-refractivity contribution in [3.05, 3.63) is 35.4 Å². The molecule has 1 aliphatic rings. The van der Waals surface area contributed by atoms with Crippen LogP contribution in [-0.2, 0) is 6.54 Å². The monoisotopic (exact) mass is 286 g/mol. The third kappa shape index (κ3) is 3.21. The average molecular weight is 286 g/mol.